The Morgan fingerprint density at radius 2 is 2.17 bits per heavy atom. The van der Waals surface area contributed by atoms with Crippen molar-refractivity contribution >= 4 is 34.0 Å². The molecule has 2 atom stereocenters. The molecule has 5 heterocycles. The van der Waals surface area contributed by atoms with Gasteiger partial charge < -0.3 is 14.5 Å². The van der Waals surface area contributed by atoms with Crippen molar-refractivity contribution in [3.63, 3.8) is 0 Å². The summed E-state index contributed by atoms with van der Waals surface area (Å²) in [5.41, 5.74) is 0.449. The van der Waals surface area contributed by atoms with Gasteiger partial charge in [-0.3, -0.25) is 4.79 Å². The highest BCUT2D eigenvalue weighted by Gasteiger charge is 2.46. The van der Waals surface area contributed by atoms with Gasteiger partial charge in [0.15, 0.2) is 5.82 Å². The Morgan fingerprint density at radius 1 is 1.42 bits per heavy atom. The number of aromatic nitrogens is 4. The van der Waals surface area contributed by atoms with Crippen LogP contribution in [0, 0.1) is 0 Å². The van der Waals surface area contributed by atoms with Crippen molar-refractivity contribution in [3.8, 4) is 0 Å². The van der Waals surface area contributed by atoms with Crippen LogP contribution in [-0.2, 0) is 18.4 Å². The van der Waals surface area contributed by atoms with Gasteiger partial charge in [0.05, 0.1) is 24.0 Å². The summed E-state index contributed by atoms with van der Waals surface area (Å²) >= 11 is 7.63. The lowest BCUT2D eigenvalue weighted by molar-refractivity contribution is 0.178. The van der Waals surface area contributed by atoms with Crippen LogP contribution in [0.25, 0.3) is 0 Å². The van der Waals surface area contributed by atoms with Crippen molar-refractivity contribution < 1.29 is 4.74 Å². The van der Waals surface area contributed by atoms with Gasteiger partial charge in [-0.05, 0) is 6.42 Å². The standard InChI is InChI=1S/C14H17ClN6O2S/c1-19-13(22)12(15)10(4-16-19)20-5-8-3-9(6-20)21(8)14-17-11(7-23-2)18-24-14/h4,8-9H,3,5-7H2,1-2H3. The van der Waals surface area contributed by atoms with E-state index in [2.05, 4.69) is 24.3 Å². The highest BCUT2D eigenvalue weighted by atomic mass is 35.5. The maximum Gasteiger partial charge on any atom is 0.287 e. The number of nitrogens with zero attached hydrogens (tertiary/aromatic N) is 6. The van der Waals surface area contributed by atoms with Crippen LogP contribution in [-0.4, -0.2) is 51.4 Å². The maximum atomic E-state index is 12.0. The predicted molar refractivity (Wildman–Crippen MR) is 92.0 cm³/mol. The van der Waals surface area contributed by atoms with E-state index < -0.39 is 0 Å². The topological polar surface area (TPSA) is 76.4 Å². The zero-order valence-corrected chi connectivity index (χ0v) is 14.9. The molecule has 0 amide bonds. The number of rotatable bonds is 4. The molecular formula is C14H17ClN6O2S. The molecular weight excluding hydrogens is 352 g/mol. The number of ether oxygens (including phenoxy) is 1. The lowest BCUT2D eigenvalue weighted by Gasteiger charge is -2.56. The van der Waals surface area contributed by atoms with Crippen LogP contribution in [0.1, 0.15) is 12.2 Å². The largest absolute Gasteiger partial charge is 0.377 e. The molecule has 24 heavy (non-hydrogen) atoms. The van der Waals surface area contributed by atoms with Gasteiger partial charge >= 0.3 is 0 Å². The van der Waals surface area contributed by atoms with E-state index in [-0.39, 0.29) is 10.6 Å². The highest BCUT2D eigenvalue weighted by molar-refractivity contribution is 7.09. The zero-order chi connectivity index (χ0) is 16.8. The Balaban J connectivity index is 1.52. The van der Waals surface area contributed by atoms with Crippen LogP contribution in [0.3, 0.4) is 0 Å². The molecule has 10 heteroatoms. The van der Waals surface area contributed by atoms with Crippen molar-refractivity contribution in [2.75, 3.05) is 30.0 Å². The monoisotopic (exact) mass is 368 g/mol. The third-order valence-electron chi connectivity index (χ3n) is 4.55. The van der Waals surface area contributed by atoms with E-state index in [1.165, 1.54) is 16.2 Å². The van der Waals surface area contributed by atoms with E-state index in [1.54, 1.807) is 20.4 Å². The summed E-state index contributed by atoms with van der Waals surface area (Å²) in [5.74, 6) is 0.720. The Morgan fingerprint density at radius 3 is 2.88 bits per heavy atom. The van der Waals surface area contributed by atoms with Crippen molar-refractivity contribution in [2.24, 2.45) is 7.05 Å². The third-order valence-corrected chi connectivity index (χ3v) is 5.67. The third kappa shape index (κ3) is 2.47. The molecule has 0 spiro atoms. The van der Waals surface area contributed by atoms with Gasteiger partial charge in [0.2, 0.25) is 5.13 Å². The summed E-state index contributed by atoms with van der Waals surface area (Å²) < 4.78 is 10.7. The van der Waals surface area contributed by atoms with Gasteiger partial charge in [-0.1, -0.05) is 11.6 Å². The molecule has 2 aromatic heterocycles. The quantitative estimate of drug-likeness (QED) is 0.793. The molecule has 0 saturated carbocycles. The fourth-order valence-corrected chi connectivity index (χ4v) is 4.49. The average molecular weight is 369 g/mol. The lowest BCUT2D eigenvalue weighted by atomic mass is 9.88. The molecule has 2 bridgehead atoms. The molecule has 5 rings (SSSR count). The van der Waals surface area contributed by atoms with Gasteiger partial charge in [0, 0.05) is 38.8 Å². The molecule has 2 aromatic rings. The molecule has 0 N–H and O–H groups in total. The number of halogens is 1. The Hall–Kier alpha value is -1.71. The van der Waals surface area contributed by atoms with E-state index in [1.807, 2.05) is 0 Å². The minimum atomic E-state index is -0.265. The number of hydrogen-bond acceptors (Lipinski definition) is 8. The smallest absolute Gasteiger partial charge is 0.287 e. The van der Waals surface area contributed by atoms with Gasteiger partial charge in [-0.2, -0.15) is 9.47 Å². The van der Waals surface area contributed by atoms with E-state index >= 15 is 0 Å². The van der Waals surface area contributed by atoms with Crippen molar-refractivity contribution in [1.82, 2.24) is 19.1 Å². The van der Waals surface area contributed by atoms with Gasteiger partial charge in [-0.15, -0.1) is 0 Å². The van der Waals surface area contributed by atoms with Crippen LogP contribution in [0.5, 0.6) is 0 Å². The second-order valence-corrected chi connectivity index (χ2v) is 7.16. The Kier molecular flexibility index (Phi) is 3.93. The Bertz CT molecular complexity index is 812. The number of aryl methyl sites for hydroxylation is 1. The predicted octanol–water partition coefficient (Wildman–Crippen LogP) is 0.899. The van der Waals surface area contributed by atoms with Gasteiger partial charge in [0.1, 0.15) is 11.6 Å². The maximum absolute atomic E-state index is 12.0. The molecule has 0 radical (unpaired) electrons. The van der Waals surface area contributed by atoms with E-state index in [9.17, 15) is 4.79 Å². The fraction of sp³-hybridized carbons (Fsp3) is 0.571. The highest BCUT2D eigenvalue weighted by Crippen LogP contribution is 2.39. The second-order valence-electron chi connectivity index (χ2n) is 6.05. The second kappa shape index (κ2) is 5.98. The fourth-order valence-electron chi connectivity index (χ4n) is 3.38. The van der Waals surface area contributed by atoms with E-state index in [0.717, 1.165) is 30.5 Å². The summed E-state index contributed by atoms with van der Waals surface area (Å²) in [6.45, 7) is 2.02. The van der Waals surface area contributed by atoms with E-state index in [0.29, 0.717) is 24.4 Å². The van der Waals surface area contributed by atoms with Crippen LogP contribution in [0.15, 0.2) is 11.0 Å². The number of anilines is 2. The summed E-state index contributed by atoms with van der Waals surface area (Å²) in [6.07, 6.45) is 2.78. The lowest BCUT2D eigenvalue weighted by Crippen LogP contribution is -2.69. The number of methoxy groups -OCH3 is 1. The molecule has 0 aliphatic carbocycles. The van der Waals surface area contributed by atoms with E-state index in [4.69, 9.17) is 16.3 Å². The normalized spacial score (nSPS) is 22.6. The summed E-state index contributed by atoms with van der Waals surface area (Å²) in [4.78, 5) is 21.0. The van der Waals surface area contributed by atoms with Crippen LogP contribution < -0.4 is 15.4 Å². The summed E-state index contributed by atoms with van der Waals surface area (Å²) in [6, 6.07) is 0.708. The molecule has 0 aromatic carbocycles. The SMILES string of the molecule is COCc1nsc(N2C3CC2CN(c2cnn(C)c(=O)c2Cl)C3)n1. The first-order valence-electron chi connectivity index (χ1n) is 7.65. The van der Waals surface area contributed by atoms with Crippen LogP contribution in [0.2, 0.25) is 5.02 Å². The van der Waals surface area contributed by atoms with Crippen molar-refractivity contribution in [3.05, 3.63) is 27.4 Å². The first kappa shape index (κ1) is 15.8. The van der Waals surface area contributed by atoms with Gasteiger partial charge in [0.25, 0.3) is 5.56 Å². The van der Waals surface area contributed by atoms with Gasteiger partial charge in [-0.25, -0.2) is 9.67 Å². The molecule has 3 saturated heterocycles. The van der Waals surface area contributed by atoms with Crippen LogP contribution in [0.4, 0.5) is 10.8 Å². The zero-order valence-electron chi connectivity index (χ0n) is 13.3. The Labute approximate surface area is 147 Å². The minimum absolute atomic E-state index is 0.235. The minimum Gasteiger partial charge on any atom is -0.377 e. The number of fused-ring (bicyclic) bond motifs is 2. The number of piperidine rings is 1. The molecule has 8 nitrogen and oxygen atoms in total. The molecule has 3 fully saturated rings. The number of piperazine rings is 1. The number of hydrogen-bond donors (Lipinski definition) is 0. The molecule has 2 unspecified atom stereocenters. The van der Waals surface area contributed by atoms with Crippen LogP contribution >= 0.6 is 23.1 Å². The summed E-state index contributed by atoms with van der Waals surface area (Å²) in [5, 5.41) is 5.26. The first-order valence-corrected chi connectivity index (χ1v) is 8.80. The summed E-state index contributed by atoms with van der Waals surface area (Å²) in [7, 11) is 3.24. The van der Waals surface area contributed by atoms with Crippen molar-refractivity contribution in [1.29, 1.82) is 0 Å². The van der Waals surface area contributed by atoms with Crippen molar-refractivity contribution in [2.45, 2.75) is 25.1 Å². The molecule has 128 valence electrons. The molecule has 3 aliphatic heterocycles. The molecule has 3 aliphatic rings. The first-order chi connectivity index (χ1) is 11.6. The average Bonchev–Trinajstić information content (AvgIpc) is 3.01.